The molecular formula is C15H34N2O2. The molecule has 19 heavy (non-hydrogen) atoms. The molecule has 4 heteroatoms. The number of hydrogen-bond donors (Lipinski definition) is 1. The zero-order chi connectivity index (χ0) is 14.5. The standard InChI is InChI=1S/C15H34N2O2/c1-6-16-14(4)13-15(5)17(9-11-18-7-2)10-12-19-8-3/h14-16H,6-13H2,1-5H3. The van der Waals surface area contributed by atoms with Crippen LogP contribution in [-0.4, -0.2) is 63.0 Å². The molecule has 0 aliphatic rings. The highest BCUT2D eigenvalue weighted by atomic mass is 16.5. The van der Waals surface area contributed by atoms with Gasteiger partial charge in [-0.15, -0.1) is 0 Å². The number of rotatable bonds is 13. The van der Waals surface area contributed by atoms with E-state index in [2.05, 4.69) is 31.0 Å². The molecule has 0 rings (SSSR count). The smallest absolute Gasteiger partial charge is 0.0593 e. The van der Waals surface area contributed by atoms with Crippen molar-refractivity contribution in [3.63, 3.8) is 0 Å². The van der Waals surface area contributed by atoms with Gasteiger partial charge in [-0.25, -0.2) is 0 Å². The topological polar surface area (TPSA) is 33.7 Å². The highest BCUT2D eigenvalue weighted by molar-refractivity contribution is 4.73. The van der Waals surface area contributed by atoms with Crippen LogP contribution in [0.1, 0.15) is 41.0 Å². The summed E-state index contributed by atoms with van der Waals surface area (Å²) in [6, 6.07) is 1.11. The Morgan fingerprint density at radius 3 is 1.89 bits per heavy atom. The lowest BCUT2D eigenvalue weighted by Crippen LogP contribution is -2.42. The van der Waals surface area contributed by atoms with Gasteiger partial charge in [-0.3, -0.25) is 4.90 Å². The van der Waals surface area contributed by atoms with Gasteiger partial charge in [0.2, 0.25) is 0 Å². The number of hydrogen-bond acceptors (Lipinski definition) is 4. The molecule has 0 amide bonds. The zero-order valence-corrected chi connectivity index (χ0v) is 13.6. The van der Waals surface area contributed by atoms with Crippen molar-refractivity contribution in [2.45, 2.75) is 53.1 Å². The van der Waals surface area contributed by atoms with Crippen molar-refractivity contribution in [3.05, 3.63) is 0 Å². The maximum atomic E-state index is 5.47. The van der Waals surface area contributed by atoms with Crippen molar-refractivity contribution >= 4 is 0 Å². The Balaban J connectivity index is 4.10. The lowest BCUT2D eigenvalue weighted by atomic mass is 10.1. The molecule has 2 atom stereocenters. The quantitative estimate of drug-likeness (QED) is 0.522. The molecule has 4 nitrogen and oxygen atoms in total. The normalized spacial score (nSPS) is 14.8. The summed E-state index contributed by atoms with van der Waals surface area (Å²) in [5.41, 5.74) is 0. The SMILES string of the molecule is CCNC(C)CC(C)N(CCOCC)CCOCC. The predicted molar refractivity (Wildman–Crippen MR) is 81.8 cm³/mol. The molecular weight excluding hydrogens is 240 g/mol. The van der Waals surface area contributed by atoms with Gasteiger partial charge in [-0.2, -0.15) is 0 Å². The van der Waals surface area contributed by atoms with Gasteiger partial charge in [0.25, 0.3) is 0 Å². The van der Waals surface area contributed by atoms with Crippen LogP contribution in [0.15, 0.2) is 0 Å². The first-order valence-corrected chi connectivity index (χ1v) is 7.78. The minimum absolute atomic E-state index is 0.551. The summed E-state index contributed by atoms with van der Waals surface area (Å²) in [4.78, 5) is 2.47. The van der Waals surface area contributed by atoms with Crippen LogP contribution in [-0.2, 0) is 9.47 Å². The second-order valence-electron chi connectivity index (χ2n) is 4.97. The highest BCUT2D eigenvalue weighted by Crippen LogP contribution is 2.07. The molecule has 116 valence electrons. The van der Waals surface area contributed by atoms with Gasteiger partial charge < -0.3 is 14.8 Å². The fourth-order valence-electron chi connectivity index (χ4n) is 2.30. The van der Waals surface area contributed by atoms with Crippen LogP contribution < -0.4 is 5.32 Å². The van der Waals surface area contributed by atoms with Crippen LogP contribution >= 0.6 is 0 Å². The third-order valence-corrected chi connectivity index (χ3v) is 3.32. The maximum Gasteiger partial charge on any atom is 0.0593 e. The van der Waals surface area contributed by atoms with Crippen LogP contribution in [0.25, 0.3) is 0 Å². The molecule has 2 unspecified atom stereocenters. The van der Waals surface area contributed by atoms with Gasteiger partial charge in [-0.1, -0.05) is 6.92 Å². The highest BCUT2D eigenvalue weighted by Gasteiger charge is 2.16. The summed E-state index contributed by atoms with van der Waals surface area (Å²) in [7, 11) is 0. The molecule has 0 radical (unpaired) electrons. The third kappa shape index (κ3) is 10.3. The Morgan fingerprint density at radius 2 is 1.47 bits per heavy atom. The number of nitrogens with zero attached hydrogens (tertiary/aromatic N) is 1. The van der Waals surface area contributed by atoms with Gasteiger partial charge in [0.1, 0.15) is 0 Å². The van der Waals surface area contributed by atoms with Crippen molar-refractivity contribution in [1.82, 2.24) is 10.2 Å². The van der Waals surface area contributed by atoms with Gasteiger partial charge in [0, 0.05) is 38.4 Å². The fourth-order valence-corrected chi connectivity index (χ4v) is 2.30. The van der Waals surface area contributed by atoms with E-state index in [4.69, 9.17) is 9.47 Å². The van der Waals surface area contributed by atoms with E-state index in [0.717, 1.165) is 52.5 Å². The molecule has 0 saturated carbocycles. The summed E-state index contributed by atoms with van der Waals surface area (Å²) in [5, 5.41) is 3.48. The Bertz CT molecular complexity index is 181. The fraction of sp³-hybridized carbons (Fsp3) is 1.00. The van der Waals surface area contributed by atoms with E-state index < -0.39 is 0 Å². The van der Waals surface area contributed by atoms with Crippen molar-refractivity contribution < 1.29 is 9.47 Å². The molecule has 0 aromatic carbocycles. The molecule has 0 aliphatic carbocycles. The molecule has 0 spiro atoms. The monoisotopic (exact) mass is 274 g/mol. The van der Waals surface area contributed by atoms with Crippen molar-refractivity contribution in [2.75, 3.05) is 46.1 Å². The number of nitrogens with one attached hydrogen (secondary N) is 1. The van der Waals surface area contributed by atoms with E-state index in [0.29, 0.717) is 12.1 Å². The molecule has 0 bridgehead atoms. The van der Waals surface area contributed by atoms with Gasteiger partial charge in [0.05, 0.1) is 13.2 Å². The van der Waals surface area contributed by atoms with Crippen LogP contribution in [0, 0.1) is 0 Å². The lowest BCUT2D eigenvalue weighted by Gasteiger charge is -2.31. The van der Waals surface area contributed by atoms with E-state index in [1.807, 2.05) is 13.8 Å². The Hall–Kier alpha value is -0.160. The summed E-state index contributed by atoms with van der Waals surface area (Å²) >= 11 is 0. The molecule has 0 fully saturated rings. The van der Waals surface area contributed by atoms with Gasteiger partial charge >= 0.3 is 0 Å². The molecule has 0 heterocycles. The van der Waals surface area contributed by atoms with Gasteiger partial charge in [0.15, 0.2) is 0 Å². The second-order valence-corrected chi connectivity index (χ2v) is 4.97. The predicted octanol–water partition coefficient (Wildman–Crippen LogP) is 2.14. The van der Waals surface area contributed by atoms with E-state index >= 15 is 0 Å². The first kappa shape index (κ1) is 18.8. The Kier molecular flexibility index (Phi) is 12.7. The summed E-state index contributed by atoms with van der Waals surface area (Å²) < 4.78 is 10.9. The molecule has 0 saturated heterocycles. The Morgan fingerprint density at radius 1 is 0.947 bits per heavy atom. The van der Waals surface area contributed by atoms with Crippen LogP contribution in [0.5, 0.6) is 0 Å². The minimum atomic E-state index is 0.551. The Labute approximate surface area is 119 Å². The van der Waals surface area contributed by atoms with E-state index in [1.54, 1.807) is 0 Å². The van der Waals surface area contributed by atoms with Crippen LogP contribution in [0.4, 0.5) is 0 Å². The van der Waals surface area contributed by atoms with E-state index in [9.17, 15) is 0 Å². The average molecular weight is 274 g/mol. The van der Waals surface area contributed by atoms with Crippen LogP contribution in [0.2, 0.25) is 0 Å². The van der Waals surface area contributed by atoms with E-state index in [1.165, 1.54) is 0 Å². The maximum absolute atomic E-state index is 5.47. The molecule has 1 N–H and O–H groups in total. The number of ether oxygens (including phenoxy) is 2. The van der Waals surface area contributed by atoms with Gasteiger partial charge in [-0.05, 0) is 40.7 Å². The van der Waals surface area contributed by atoms with Crippen molar-refractivity contribution in [3.8, 4) is 0 Å². The summed E-state index contributed by atoms with van der Waals surface area (Å²) in [6.07, 6.45) is 1.16. The molecule has 0 aromatic heterocycles. The van der Waals surface area contributed by atoms with Crippen molar-refractivity contribution in [2.24, 2.45) is 0 Å². The molecule has 0 aromatic rings. The van der Waals surface area contributed by atoms with Crippen LogP contribution in [0.3, 0.4) is 0 Å². The molecule has 0 aliphatic heterocycles. The second kappa shape index (κ2) is 12.9. The lowest BCUT2D eigenvalue weighted by molar-refractivity contribution is 0.0625. The summed E-state index contributed by atoms with van der Waals surface area (Å²) in [6.45, 7) is 17.0. The third-order valence-electron chi connectivity index (χ3n) is 3.32. The zero-order valence-electron chi connectivity index (χ0n) is 13.6. The average Bonchev–Trinajstić information content (AvgIpc) is 2.37. The largest absolute Gasteiger partial charge is 0.380 e. The van der Waals surface area contributed by atoms with Crippen molar-refractivity contribution in [1.29, 1.82) is 0 Å². The summed E-state index contributed by atoms with van der Waals surface area (Å²) in [5.74, 6) is 0. The van der Waals surface area contributed by atoms with E-state index in [-0.39, 0.29) is 0 Å². The first-order chi connectivity index (χ1) is 9.15. The first-order valence-electron chi connectivity index (χ1n) is 7.78. The minimum Gasteiger partial charge on any atom is -0.380 e.